The summed E-state index contributed by atoms with van der Waals surface area (Å²) in [5.74, 6) is -0.946. The van der Waals surface area contributed by atoms with E-state index in [1.165, 1.54) is 6.20 Å². The molecule has 1 aliphatic carbocycles. The monoisotopic (exact) mass is 325 g/mol. The highest BCUT2D eigenvalue weighted by Gasteiger charge is 2.48. The maximum Gasteiger partial charge on any atom is 0.326 e. The Balaban J connectivity index is 1.70. The van der Waals surface area contributed by atoms with Crippen molar-refractivity contribution in [3.05, 3.63) is 36.2 Å². The molecule has 2 aromatic rings. The van der Waals surface area contributed by atoms with Crippen LogP contribution in [-0.4, -0.2) is 43.9 Å². The lowest BCUT2D eigenvalue weighted by Crippen LogP contribution is -2.46. The highest BCUT2D eigenvalue weighted by Crippen LogP contribution is 2.40. The fraction of sp³-hybridized carbons (Fsp3) is 0.444. The van der Waals surface area contributed by atoms with E-state index >= 15 is 0 Å². The third-order valence-corrected chi connectivity index (χ3v) is 5.28. The van der Waals surface area contributed by atoms with Gasteiger partial charge in [-0.2, -0.15) is 0 Å². The summed E-state index contributed by atoms with van der Waals surface area (Å²) in [6.45, 7) is 0. The van der Waals surface area contributed by atoms with Gasteiger partial charge in [0.05, 0.1) is 17.2 Å². The van der Waals surface area contributed by atoms with Crippen molar-refractivity contribution in [3.8, 4) is 0 Å². The van der Waals surface area contributed by atoms with Gasteiger partial charge >= 0.3 is 5.97 Å². The van der Waals surface area contributed by atoms with Gasteiger partial charge in [0.25, 0.3) is 5.91 Å². The molecule has 24 heavy (non-hydrogen) atoms. The zero-order valence-electron chi connectivity index (χ0n) is 13.3. The maximum atomic E-state index is 13.0. The van der Waals surface area contributed by atoms with Gasteiger partial charge in [0.1, 0.15) is 11.7 Å². The van der Waals surface area contributed by atoms with Gasteiger partial charge in [0, 0.05) is 6.04 Å². The first-order valence-electron chi connectivity index (χ1n) is 8.42. The Morgan fingerprint density at radius 2 is 1.88 bits per heavy atom. The molecule has 1 N–H and O–H groups in total. The van der Waals surface area contributed by atoms with Crippen molar-refractivity contribution in [2.24, 2.45) is 5.92 Å². The van der Waals surface area contributed by atoms with E-state index in [9.17, 15) is 14.7 Å². The Kier molecular flexibility index (Phi) is 3.67. The molecule has 2 heterocycles. The van der Waals surface area contributed by atoms with Crippen LogP contribution in [0.5, 0.6) is 0 Å². The summed E-state index contributed by atoms with van der Waals surface area (Å²) < 4.78 is 0. The molecule has 4 rings (SSSR count). The van der Waals surface area contributed by atoms with E-state index in [1.807, 2.05) is 18.2 Å². The Morgan fingerprint density at radius 1 is 1.12 bits per heavy atom. The molecule has 1 saturated heterocycles. The molecular weight excluding hydrogens is 306 g/mol. The molecule has 0 bridgehead atoms. The minimum absolute atomic E-state index is 0.0145. The minimum Gasteiger partial charge on any atom is -0.480 e. The maximum absolute atomic E-state index is 13.0. The van der Waals surface area contributed by atoms with Crippen molar-refractivity contribution in [1.29, 1.82) is 0 Å². The van der Waals surface area contributed by atoms with Crippen molar-refractivity contribution >= 4 is 22.9 Å². The first-order valence-corrected chi connectivity index (χ1v) is 8.42. The lowest BCUT2D eigenvalue weighted by molar-refractivity contribution is -0.141. The first kappa shape index (κ1) is 15.1. The number of aliphatic carboxylic acids is 1. The Labute approximate surface area is 139 Å². The van der Waals surface area contributed by atoms with E-state index in [1.54, 1.807) is 11.0 Å². The number of amides is 1. The third kappa shape index (κ3) is 2.42. The average Bonchev–Trinajstić information content (AvgIpc) is 3.00. The normalized spacial score (nSPS) is 26.3. The zero-order valence-corrected chi connectivity index (χ0v) is 13.3. The van der Waals surface area contributed by atoms with Crippen LogP contribution in [0, 0.1) is 5.92 Å². The number of para-hydroxylation sites is 2. The van der Waals surface area contributed by atoms with Gasteiger partial charge in [-0.15, -0.1) is 0 Å². The average molecular weight is 325 g/mol. The van der Waals surface area contributed by atoms with Crippen molar-refractivity contribution in [1.82, 2.24) is 14.9 Å². The summed E-state index contributed by atoms with van der Waals surface area (Å²) in [6.07, 6.45) is 6.04. The van der Waals surface area contributed by atoms with E-state index < -0.39 is 12.0 Å². The first-order chi connectivity index (χ1) is 11.6. The number of carboxylic acids is 1. The largest absolute Gasteiger partial charge is 0.480 e. The van der Waals surface area contributed by atoms with Gasteiger partial charge in [-0.05, 0) is 37.3 Å². The van der Waals surface area contributed by atoms with Crippen molar-refractivity contribution in [2.45, 2.75) is 44.2 Å². The van der Waals surface area contributed by atoms with Crippen LogP contribution in [0.15, 0.2) is 30.5 Å². The number of carbonyl (C=O) groups is 2. The van der Waals surface area contributed by atoms with Crippen molar-refractivity contribution in [2.75, 3.05) is 0 Å². The van der Waals surface area contributed by atoms with Crippen molar-refractivity contribution < 1.29 is 14.7 Å². The molecule has 1 aromatic carbocycles. The quantitative estimate of drug-likeness (QED) is 0.917. The van der Waals surface area contributed by atoms with E-state index in [4.69, 9.17) is 0 Å². The number of aromatic nitrogens is 2. The summed E-state index contributed by atoms with van der Waals surface area (Å²) in [4.78, 5) is 34.9. The molecular formula is C18H19N3O3. The smallest absolute Gasteiger partial charge is 0.326 e. The lowest BCUT2D eigenvalue weighted by atomic mass is 9.84. The highest BCUT2D eigenvalue weighted by molar-refractivity contribution is 5.96. The third-order valence-electron chi connectivity index (χ3n) is 5.28. The summed E-state index contributed by atoms with van der Waals surface area (Å²) >= 11 is 0. The molecule has 3 atom stereocenters. The van der Waals surface area contributed by atoms with E-state index in [0.29, 0.717) is 11.9 Å². The minimum atomic E-state index is -0.925. The predicted octanol–water partition coefficient (Wildman–Crippen LogP) is 2.49. The Hall–Kier alpha value is -2.50. The standard InChI is InChI=1S/C18H19N3O3/c22-17(14-10-19-12-6-2-3-7-13(12)20-14)21-15-8-4-1-5-11(15)9-16(21)18(23)24/h2-3,6-7,10-11,15-16H,1,4-5,8-9H2,(H,23,24)/t11-,15+,16-/m0/s1. The van der Waals surface area contributed by atoms with Gasteiger partial charge in [-0.3, -0.25) is 9.78 Å². The molecule has 0 radical (unpaired) electrons. The summed E-state index contributed by atoms with van der Waals surface area (Å²) in [5.41, 5.74) is 1.60. The SMILES string of the molecule is O=C(O)[C@@H]1C[C@@H]2CCCC[C@H]2N1C(=O)c1cnc2ccccc2n1. The van der Waals surface area contributed by atoms with Gasteiger partial charge in [0.2, 0.25) is 0 Å². The van der Waals surface area contributed by atoms with Crippen LogP contribution in [0.1, 0.15) is 42.6 Å². The topological polar surface area (TPSA) is 83.4 Å². The second-order valence-corrected chi connectivity index (χ2v) is 6.66. The van der Waals surface area contributed by atoms with Crippen LogP contribution >= 0.6 is 0 Å². The number of carbonyl (C=O) groups excluding carboxylic acids is 1. The molecule has 1 aliphatic heterocycles. The zero-order chi connectivity index (χ0) is 16.7. The number of hydrogen-bond donors (Lipinski definition) is 1. The molecule has 6 heteroatoms. The van der Waals surface area contributed by atoms with E-state index in [0.717, 1.165) is 31.2 Å². The predicted molar refractivity (Wildman–Crippen MR) is 87.5 cm³/mol. The lowest BCUT2D eigenvalue weighted by Gasteiger charge is -2.32. The number of carboxylic acid groups (broad SMARTS) is 1. The second-order valence-electron chi connectivity index (χ2n) is 6.66. The van der Waals surface area contributed by atoms with Crippen LogP contribution in [0.3, 0.4) is 0 Å². The van der Waals surface area contributed by atoms with Crippen LogP contribution in [0.4, 0.5) is 0 Å². The fourth-order valence-electron chi connectivity index (χ4n) is 4.17. The summed E-state index contributed by atoms with van der Waals surface area (Å²) in [7, 11) is 0. The number of hydrogen-bond acceptors (Lipinski definition) is 4. The molecule has 0 unspecified atom stereocenters. The molecule has 1 aromatic heterocycles. The molecule has 1 amide bonds. The van der Waals surface area contributed by atoms with E-state index in [-0.39, 0.29) is 23.6 Å². The van der Waals surface area contributed by atoms with Gasteiger partial charge in [-0.25, -0.2) is 9.78 Å². The number of likely N-dealkylation sites (tertiary alicyclic amines) is 1. The molecule has 124 valence electrons. The number of nitrogens with zero attached hydrogens (tertiary/aromatic N) is 3. The van der Waals surface area contributed by atoms with Gasteiger partial charge in [-0.1, -0.05) is 25.0 Å². The summed E-state index contributed by atoms with van der Waals surface area (Å²) in [6, 6.07) is 6.62. The van der Waals surface area contributed by atoms with Crippen LogP contribution in [0.25, 0.3) is 11.0 Å². The van der Waals surface area contributed by atoms with Crippen LogP contribution in [-0.2, 0) is 4.79 Å². The number of fused-ring (bicyclic) bond motifs is 2. The fourth-order valence-corrected chi connectivity index (χ4v) is 4.17. The number of benzene rings is 1. The van der Waals surface area contributed by atoms with Crippen LogP contribution in [0.2, 0.25) is 0 Å². The number of rotatable bonds is 2. The Morgan fingerprint density at radius 3 is 2.67 bits per heavy atom. The highest BCUT2D eigenvalue weighted by atomic mass is 16.4. The molecule has 6 nitrogen and oxygen atoms in total. The molecule has 2 aliphatic rings. The molecule has 2 fully saturated rings. The van der Waals surface area contributed by atoms with Crippen LogP contribution < -0.4 is 0 Å². The van der Waals surface area contributed by atoms with Gasteiger partial charge < -0.3 is 10.0 Å². The van der Waals surface area contributed by atoms with Crippen molar-refractivity contribution in [3.63, 3.8) is 0 Å². The molecule has 0 spiro atoms. The van der Waals surface area contributed by atoms with E-state index in [2.05, 4.69) is 9.97 Å². The Bertz CT molecular complexity index is 807. The second kappa shape index (κ2) is 5.85. The summed E-state index contributed by atoms with van der Waals surface area (Å²) in [5, 5.41) is 9.57. The molecule has 1 saturated carbocycles. The van der Waals surface area contributed by atoms with Gasteiger partial charge in [0.15, 0.2) is 0 Å².